The van der Waals surface area contributed by atoms with Crippen molar-refractivity contribution in [3.05, 3.63) is 34.9 Å². The quantitative estimate of drug-likeness (QED) is 0.885. The summed E-state index contributed by atoms with van der Waals surface area (Å²) >= 11 is 0. The van der Waals surface area contributed by atoms with Crippen LogP contribution in [-0.2, 0) is 4.79 Å². The van der Waals surface area contributed by atoms with Crippen LogP contribution >= 0.6 is 0 Å². The lowest BCUT2D eigenvalue weighted by atomic mass is 9.76. The lowest BCUT2D eigenvalue weighted by Crippen LogP contribution is -2.35. The van der Waals surface area contributed by atoms with E-state index in [4.69, 9.17) is 5.11 Å². The number of hydrogen-bond donors (Lipinski definition) is 1. The summed E-state index contributed by atoms with van der Waals surface area (Å²) in [6, 6.07) is 6.47. The summed E-state index contributed by atoms with van der Waals surface area (Å²) in [5, 5.41) is 9.11. The molecule has 1 N–H and O–H groups in total. The molecule has 0 radical (unpaired) electrons. The van der Waals surface area contributed by atoms with E-state index in [0.717, 1.165) is 0 Å². The molecule has 3 heteroatoms. The fourth-order valence-corrected chi connectivity index (χ4v) is 2.87. The number of benzene rings is 1. The number of hydrogen-bond acceptors (Lipinski definition) is 2. The van der Waals surface area contributed by atoms with Crippen LogP contribution in [0.2, 0.25) is 0 Å². The van der Waals surface area contributed by atoms with E-state index in [1.807, 2.05) is 27.9 Å². The summed E-state index contributed by atoms with van der Waals surface area (Å²) in [5.74, 6) is -0.749. The Hall–Kier alpha value is -1.35. The van der Waals surface area contributed by atoms with E-state index >= 15 is 0 Å². The van der Waals surface area contributed by atoms with Crippen LogP contribution < -0.4 is 0 Å². The Balaban J connectivity index is 3.20. The Morgan fingerprint density at radius 1 is 1.26 bits per heavy atom. The molecule has 106 valence electrons. The van der Waals surface area contributed by atoms with Crippen LogP contribution in [0.5, 0.6) is 0 Å². The highest BCUT2D eigenvalue weighted by atomic mass is 16.4. The number of nitrogens with zero attached hydrogens (tertiary/aromatic N) is 1. The number of carboxylic acids is 1. The average molecular weight is 263 g/mol. The van der Waals surface area contributed by atoms with Crippen molar-refractivity contribution in [2.45, 2.75) is 40.2 Å². The van der Waals surface area contributed by atoms with E-state index in [1.165, 1.54) is 16.7 Å². The molecular weight excluding hydrogens is 238 g/mol. The molecule has 1 atom stereocenters. The predicted octanol–water partition coefficient (Wildman–Crippen LogP) is 3.41. The molecular formula is C16H25NO2. The average Bonchev–Trinajstić information content (AvgIpc) is 2.20. The Kier molecular flexibility index (Phi) is 4.75. The Labute approximate surface area is 116 Å². The van der Waals surface area contributed by atoms with Gasteiger partial charge in [0.15, 0.2) is 0 Å². The molecule has 0 aliphatic heterocycles. The van der Waals surface area contributed by atoms with Gasteiger partial charge in [-0.2, -0.15) is 0 Å². The van der Waals surface area contributed by atoms with Crippen molar-refractivity contribution in [3.8, 4) is 0 Å². The first-order chi connectivity index (χ1) is 8.65. The molecule has 1 rings (SSSR count). The summed E-state index contributed by atoms with van der Waals surface area (Å²) in [6.07, 6.45) is 0.156. The highest BCUT2D eigenvalue weighted by Gasteiger charge is 2.34. The van der Waals surface area contributed by atoms with E-state index in [9.17, 15) is 4.79 Å². The number of carboxylic acid groups (broad SMARTS) is 1. The minimum absolute atomic E-state index is 0.0860. The van der Waals surface area contributed by atoms with Crippen LogP contribution in [0.25, 0.3) is 0 Å². The van der Waals surface area contributed by atoms with Crippen LogP contribution in [0.4, 0.5) is 0 Å². The molecule has 0 aromatic heterocycles. The van der Waals surface area contributed by atoms with Gasteiger partial charge in [0.05, 0.1) is 6.42 Å². The highest BCUT2D eigenvalue weighted by molar-refractivity contribution is 5.67. The molecule has 0 saturated heterocycles. The van der Waals surface area contributed by atoms with Crippen molar-refractivity contribution in [2.24, 2.45) is 5.41 Å². The summed E-state index contributed by atoms with van der Waals surface area (Å²) in [7, 11) is 4.01. The van der Waals surface area contributed by atoms with E-state index < -0.39 is 5.97 Å². The van der Waals surface area contributed by atoms with Crippen molar-refractivity contribution in [3.63, 3.8) is 0 Å². The SMILES string of the molecule is Cc1ccc(C(N(C)C)C(C)(C)CC(=O)O)cc1C. The van der Waals surface area contributed by atoms with Crippen molar-refractivity contribution >= 4 is 5.97 Å². The molecule has 0 heterocycles. The second-order valence-electron chi connectivity index (χ2n) is 6.27. The van der Waals surface area contributed by atoms with Gasteiger partial charge in [-0.05, 0) is 50.0 Å². The first-order valence-electron chi connectivity index (χ1n) is 6.60. The second-order valence-corrected chi connectivity index (χ2v) is 6.27. The predicted molar refractivity (Wildman–Crippen MR) is 78.4 cm³/mol. The zero-order chi connectivity index (χ0) is 14.8. The molecule has 0 spiro atoms. The van der Waals surface area contributed by atoms with Gasteiger partial charge in [0.25, 0.3) is 0 Å². The molecule has 19 heavy (non-hydrogen) atoms. The minimum Gasteiger partial charge on any atom is -0.481 e. The van der Waals surface area contributed by atoms with Gasteiger partial charge in [-0.15, -0.1) is 0 Å². The normalized spacial score (nSPS) is 13.6. The molecule has 3 nitrogen and oxygen atoms in total. The molecule has 0 fully saturated rings. The second kappa shape index (κ2) is 5.74. The molecule has 0 bridgehead atoms. The standard InChI is InChI=1S/C16H25NO2/c1-11-7-8-13(9-12(11)2)15(17(5)6)16(3,4)10-14(18)19/h7-9,15H,10H2,1-6H3,(H,18,19). The number of aliphatic carboxylic acids is 1. The zero-order valence-corrected chi connectivity index (χ0v) is 12.8. The maximum atomic E-state index is 11.1. The Morgan fingerprint density at radius 3 is 2.26 bits per heavy atom. The molecule has 1 unspecified atom stereocenters. The van der Waals surface area contributed by atoms with Crippen LogP contribution in [0.1, 0.15) is 43.0 Å². The third kappa shape index (κ3) is 3.80. The van der Waals surface area contributed by atoms with Gasteiger partial charge in [0.2, 0.25) is 0 Å². The smallest absolute Gasteiger partial charge is 0.303 e. The zero-order valence-electron chi connectivity index (χ0n) is 12.8. The van der Waals surface area contributed by atoms with Gasteiger partial charge in [-0.3, -0.25) is 4.79 Å². The minimum atomic E-state index is -0.749. The maximum absolute atomic E-state index is 11.1. The van der Waals surface area contributed by atoms with E-state index in [2.05, 4.69) is 36.9 Å². The molecule has 1 aromatic carbocycles. The fourth-order valence-electron chi connectivity index (χ4n) is 2.87. The lowest BCUT2D eigenvalue weighted by Gasteiger charge is -2.38. The Bertz CT molecular complexity index is 464. The summed E-state index contributed by atoms with van der Waals surface area (Å²) in [5.41, 5.74) is 3.36. The third-order valence-corrected chi connectivity index (χ3v) is 3.71. The van der Waals surface area contributed by atoms with Gasteiger partial charge < -0.3 is 10.0 Å². The van der Waals surface area contributed by atoms with Gasteiger partial charge in [0, 0.05) is 6.04 Å². The summed E-state index contributed by atoms with van der Waals surface area (Å²) in [4.78, 5) is 13.2. The molecule has 0 saturated carbocycles. The monoisotopic (exact) mass is 263 g/mol. The topological polar surface area (TPSA) is 40.5 Å². The largest absolute Gasteiger partial charge is 0.481 e. The van der Waals surface area contributed by atoms with E-state index in [-0.39, 0.29) is 17.9 Å². The fraction of sp³-hybridized carbons (Fsp3) is 0.562. The van der Waals surface area contributed by atoms with Crippen LogP contribution in [0, 0.1) is 19.3 Å². The van der Waals surface area contributed by atoms with E-state index in [1.54, 1.807) is 0 Å². The lowest BCUT2D eigenvalue weighted by molar-refractivity contribution is -0.140. The summed E-state index contributed by atoms with van der Waals surface area (Å²) in [6.45, 7) is 8.21. The molecule has 0 amide bonds. The van der Waals surface area contributed by atoms with Gasteiger partial charge in [-0.25, -0.2) is 0 Å². The van der Waals surface area contributed by atoms with Gasteiger partial charge in [0.1, 0.15) is 0 Å². The first-order valence-corrected chi connectivity index (χ1v) is 6.60. The van der Waals surface area contributed by atoms with Crippen molar-refractivity contribution < 1.29 is 9.90 Å². The summed E-state index contributed by atoms with van der Waals surface area (Å²) < 4.78 is 0. The number of rotatable bonds is 5. The van der Waals surface area contributed by atoms with Crippen LogP contribution in [-0.4, -0.2) is 30.1 Å². The van der Waals surface area contributed by atoms with Crippen molar-refractivity contribution in [1.82, 2.24) is 4.90 Å². The molecule has 0 aliphatic carbocycles. The van der Waals surface area contributed by atoms with Crippen molar-refractivity contribution in [1.29, 1.82) is 0 Å². The van der Waals surface area contributed by atoms with E-state index in [0.29, 0.717) is 0 Å². The highest BCUT2D eigenvalue weighted by Crippen LogP contribution is 2.40. The van der Waals surface area contributed by atoms with Crippen LogP contribution in [0.3, 0.4) is 0 Å². The number of carbonyl (C=O) groups is 1. The van der Waals surface area contributed by atoms with Gasteiger partial charge >= 0.3 is 5.97 Å². The maximum Gasteiger partial charge on any atom is 0.303 e. The third-order valence-electron chi connectivity index (χ3n) is 3.71. The number of aryl methyl sites for hydroxylation is 2. The van der Waals surface area contributed by atoms with Crippen LogP contribution in [0.15, 0.2) is 18.2 Å². The van der Waals surface area contributed by atoms with Crippen molar-refractivity contribution in [2.75, 3.05) is 14.1 Å². The van der Waals surface area contributed by atoms with Gasteiger partial charge in [-0.1, -0.05) is 32.0 Å². The first kappa shape index (κ1) is 15.7. The molecule has 0 aliphatic rings. The molecule has 1 aromatic rings. The Morgan fingerprint density at radius 2 is 1.84 bits per heavy atom.